The number of nitrogens with zero attached hydrogens (tertiary/aromatic N) is 2. The molecule has 0 aliphatic carbocycles. The highest BCUT2D eigenvalue weighted by atomic mass is 16.1. The van der Waals surface area contributed by atoms with Gasteiger partial charge in [0.05, 0.1) is 6.54 Å². The van der Waals surface area contributed by atoms with Crippen molar-refractivity contribution in [1.29, 1.82) is 0 Å². The molecule has 0 aromatic heterocycles. The predicted octanol–water partition coefficient (Wildman–Crippen LogP) is 0.293. The zero-order chi connectivity index (χ0) is 11.4. The van der Waals surface area contributed by atoms with Gasteiger partial charge in [0, 0.05) is 26.2 Å². The largest absolute Gasteiger partial charge is 0.358 e. The number of likely N-dealkylation sites (tertiary alicyclic amines) is 2. The lowest BCUT2D eigenvalue weighted by atomic mass is 10.0. The van der Waals surface area contributed by atoms with Gasteiger partial charge in [-0.3, -0.25) is 9.69 Å². The molecule has 2 aliphatic heterocycles. The van der Waals surface area contributed by atoms with E-state index in [-0.39, 0.29) is 5.91 Å². The third kappa shape index (κ3) is 2.95. The fourth-order valence-electron chi connectivity index (χ4n) is 2.83. The first-order valence-electron chi connectivity index (χ1n) is 6.46. The highest BCUT2D eigenvalue weighted by Gasteiger charge is 2.26. The maximum Gasteiger partial charge on any atom is 0.233 e. The Morgan fingerprint density at radius 1 is 1.19 bits per heavy atom. The Morgan fingerprint density at radius 3 is 2.38 bits per heavy atom. The lowest BCUT2D eigenvalue weighted by Gasteiger charge is -2.36. The van der Waals surface area contributed by atoms with Crippen LogP contribution in [0.25, 0.3) is 0 Å². The van der Waals surface area contributed by atoms with E-state index in [9.17, 15) is 4.79 Å². The van der Waals surface area contributed by atoms with E-state index < -0.39 is 0 Å². The molecule has 1 N–H and O–H groups in total. The summed E-state index contributed by atoms with van der Waals surface area (Å²) < 4.78 is 0. The van der Waals surface area contributed by atoms with Crippen molar-refractivity contribution in [2.24, 2.45) is 0 Å². The number of rotatable bonds is 3. The quantitative estimate of drug-likeness (QED) is 0.750. The second-order valence-corrected chi connectivity index (χ2v) is 4.92. The van der Waals surface area contributed by atoms with E-state index in [1.54, 1.807) is 7.05 Å². The first kappa shape index (κ1) is 11.9. The first-order chi connectivity index (χ1) is 7.79. The molecule has 0 atom stereocenters. The second-order valence-electron chi connectivity index (χ2n) is 4.92. The van der Waals surface area contributed by atoms with Gasteiger partial charge in [0.25, 0.3) is 0 Å². The highest BCUT2D eigenvalue weighted by Crippen LogP contribution is 2.20. The van der Waals surface area contributed by atoms with Gasteiger partial charge in [0.1, 0.15) is 0 Å². The molecule has 0 radical (unpaired) electrons. The number of carbonyl (C=O) groups excluding carboxylic acids is 1. The molecule has 0 aromatic rings. The minimum Gasteiger partial charge on any atom is -0.358 e. The molecule has 16 heavy (non-hydrogen) atoms. The van der Waals surface area contributed by atoms with Crippen molar-refractivity contribution >= 4 is 5.91 Å². The molecule has 4 nitrogen and oxygen atoms in total. The smallest absolute Gasteiger partial charge is 0.233 e. The number of amides is 1. The molecule has 2 heterocycles. The average molecular weight is 225 g/mol. The van der Waals surface area contributed by atoms with Crippen LogP contribution >= 0.6 is 0 Å². The zero-order valence-electron chi connectivity index (χ0n) is 10.2. The number of nitrogens with one attached hydrogen (secondary N) is 1. The van der Waals surface area contributed by atoms with Crippen LogP contribution in [-0.4, -0.2) is 61.5 Å². The van der Waals surface area contributed by atoms with E-state index in [1.807, 2.05) is 0 Å². The zero-order valence-corrected chi connectivity index (χ0v) is 10.2. The van der Waals surface area contributed by atoms with E-state index in [4.69, 9.17) is 0 Å². The summed E-state index contributed by atoms with van der Waals surface area (Å²) in [6, 6.07) is 0.781. The minimum atomic E-state index is 0.139. The van der Waals surface area contributed by atoms with Crippen molar-refractivity contribution in [2.45, 2.75) is 31.7 Å². The number of piperidine rings is 1. The van der Waals surface area contributed by atoms with Crippen molar-refractivity contribution in [3.63, 3.8) is 0 Å². The van der Waals surface area contributed by atoms with Gasteiger partial charge in [-0.1, -0.05) is 0 Å². The molecule has 0 aromatic carbocycles. The van der Waals surface area contributed by atoms with E-state index in [0.29, 0.717) is 6.54 Å². The van der Waals surface area contributed by atoms with Crippen LogP contribution in [0.2, 0.25) is 0 Å². The van der Waals surface area contributed by atoms with Crippen LogP contribution in [0.1, 0.15) is 25.7 Å². The molecule has 1 amide bonds. The molecular weight excluding hydrogens is 202 g/mol. The first-order valence-corrected chi connectivity index (χ1v) is 6.46. The summed E-state index contributed by atoms with van der Waals surface area (Å²) in [6.07, 6.45) is 5.21. The Bertz CT molecular complexity index is 230. The van der Waals surface area contributed by atoms with Crippen LogP contribution in [0.5, 0.6) is 0 Å². The van der Waals surface area contributed by atoms with Gasteiger partial charge < -0.3 is 10.2 Å². The second kappa shape index (κ2) is 5.64. The van der Waals surface area contributed by atoms with Crippen molar-refractivity contribution in [3.8, 4) is 0 Å². The standard InChI is InChI=1S/C12H23N3O/c1-13-12(16)10-14-8-4-11(5-9-14)15-6-2-3-7-15/h11H,2-10H2,1H3,(H,13,16). The van der Waals surface area contributed by atoms with Crippen molar-refractivity contribution in [2.75, 3.05) is 39.8 Å². The molecule has 2 fully saturated rings. The summed E-state index contributed by atoms with van der Waals surface area (Å²) in [6.45, 7) is 5.31. The fraction of sp³-hybridized carbons (Fsp3) is 0.917. The molecule has 0 spiro atoms. The summed E-state index contributed by atoms with van der Waals surface area (Å²) in [4.78, 5) is 16.2. The highest BCUT2D eigenvalue weighted by molar-refractivity contribution is 5.77. The van der Waals surface area contributed by atoms with Crippen LogP contribution in [0.3, 0.4) is 0 Å². The van der Waals surface area contributed by atoms with Gasteiger partial charge in [0.2, 0.25) is 5.91 Å². The number of likely N-dealkylation sites (N-methyl/N-ethyl adjacent to an activating group) is 1. The molecule has 2 saturated heterocycles. The van der Waals surface area contributed by atoms with Crippen LogP contribution in [0.4, 0.5) is 0 Å². The fourth-order valence-corrected chi connectivity index (χ4v) is 2.83. The molecule has 92 valence electrons. The van der Waals surface area contributed by atoms with E-state index >= 15 is 0 Å². The Labute approximate surface area is 98.0 Å². The van der Waals surface area contributed by atoms with Crippen LogP contribution in [0, 0.1) is 0 Å². The molecule has 0 bridgehead atoms. The van der Waals surface area contributed by atoms with E-state index in [0.717, 1.165) is 19.1 Å². The molecule has 2 aliphatic rings. The van der Waals surface area contributed by atoms with Crippen molar-refractivity contribution in [1.82, 2.24) is 15.1 Å². The molecule has 0 unspecified atom stereocenters. The third-order valence-electron chi connectivity index (χ3n) is 3.86. The predicted molar refractivity (Wildman–Crippen MR) is 64.3 cm³/mol. The monoisotopic (exact) mass is 225 g/mol. The third-order valence-corrected chi connectivity index (χ3v) is 3.86. The van der Waals surface area contributed by atoms with Crippen molar-refractivity contribution < 1.29 is 4.79 Å². The topological polar surface area (TPSA) is 35.6 Å². The molecule has 0 saturated carbocycles. The maximum atomic E-state index is 11.3. The SMILES string of the molecule is CNC(=O)CN1CCC(N2CCCC2)CC1. The maximum absolute atomic E-state index is 11.3. The Hall–Kier alpha value is -0.610. The Morgan fingerprint density at radius 2 is 1.81 bits per heavy atom. The molecular formula is C12H23N3O. The molecule has 2 rings (SSSR count). The summed E-state index contributed by atoms with van der Waals surface area (Å²) in [5.41, 5.74) is 0. The Kier molecular flexibility index (Phi) is 4.18. The molecule has 4 heteroatoms. The number of hydrogen-bond donors (Lipinski definition) is 1. The van der Waals surface area contributed by atoms with Crippen LogP contribution in [-0.2, 0) is 4.79 Å². The normalized spacial score (nSPS) is 24.8. The van der Waals surface area contributed by atoms with Crippen molar-refractivity contribution in [3.05, 3.63) is 0 Å². The summed E-state index contributed by atoms with van der Waals surface area (Å²) in [7, 11) is 1.71. The number of carbonyl (C=O) groups is 1. The van der Waals surface area contributed by atoms with Gasteiger partial charge in [-0.25, -0.2) is 0 Å². The number of hydrogen-bond acceptors (Lipinski definition) is 3. The van der Waals surface area contributed by atoms with Gasteiger partial charge in [-0.05, 0) is 38.8 Å². The van der Waals surface area contributed by atoms with E-state index in [2.05, 4.69) is 15.1 Å². The Balaban J connectivity index is 1.71. The van der Waals surface area contributed by atoms with Gasteiger partial charge >= 0.3 is 0 Å². The lowest BCUT2D eigenvalue weighted by Crippen LogP contribution is -2.46. The van der Waals surface area contributed by atoms with Gasteiger partial charge in [0.15, 0.2) is 0 Å². The van der Waals surface area contributed by atoms with Crippen LogP contribution < -0.4 is 5.32 Å². The summed E-state index contributed by atoms with van der Waals surface area (Å²) >= 11 is 0. The van der Waals surface area contributed by atoms with Gasteiger partial charge in [-0.2, -0.15) is 0 Å². The summed E-state index contributed by atoms with van der Waals surface area (Å²) in [5.74, 6) is 0.139. The average Bonchev–Trinajstić information content (AvgIpc) is 2.83. The minimum absolute atomic E-state index is 0.139. The van der Waals surface area contributed by atoms with Crippen LogP contribution in [0.15, 0.2) is 0 Å². The van der Waals surface area contributed by atoms with Gasteiger partial charge in [-0.15, -0.1) is 0 Å². The summed E-state index contributed by atoms with van der Waals surface area (Å²) in [5, 5.41) is 2.69. The lowest BCUT2D eigenvalue weighted by molar-refractivity contribution is -0.122. The van der Waals surface area contributed by atoms with E-state index in [1.165, 1.54) is 38.8 Å².